The van der Waals surface area contributed by atoms with Crippen molar-refractivity contribution in [2.24, 2.45) is 7.05 Å². The van der Waals surface area contributed by atoms with E-state index in [1.54, 1.807) is 13.2 Å². The van der Waals surface area contributed by atoms with Crippen molar-refractivity contribution in [3.05, 3.63) is 41.7 Å². The van der Waals surface area contributed by atoms with E-state index >= 15 is 0 Å². The van der Waals surface area contributed by atoms with Gasteiger partial charge in [0.2, 0.25) is 0 Å². The fourth-order valence-corrected chi connectivity index (χ4v) is 2.27. The van der Waals surface area contributed by atoms with E-state index in [1.165, 1.54) is 16.8 Å². The number of nitrogens with one attached hydrogen (secondary N) is 1. The molecule has 0 radical (unpaired) electrons. The van der Waals surface area contributed by atoms with Gasteiger partial charge in [0.15, 0.2) is 0 Å². The fourth-order valence-electron chi connectivity index (χ4n) is 2.27. The van der Waals surface area contributed by atoms with Crippen LogP contribution in [-0.2, 0) is 7.05 Å². The van der Waals surface area contributed by atoms with Crippen LogP contribution in [0.2, 0.25) is 0 Å². The molecule has 0 saturated heterocycles. The van der Waals surface area contributed by atoms with Crippen LogP contribution >= 0.6 is 0 Å². The number of nitrogen functional groups attached to an aromatic ring is 1. The molecule has 21 heavy (non-hydrogen) atoms. The highest BCUT2D eigenvalue weighted by molar-refractivity contribution is 5.88. The van der Waals surface area contributed by atoms with Gasteiger partial charge in [0, 0.05) is 29.9 Å². The Morgan fingerprint density at radius 1 is 1.24 bits per heavy atom. The van der Waals surface area contributed by atoms with Crippen LogP contribution < -0.4 is 5.73 Å². The third-order valence-corrected chi connectivity index (χ3v) is 3.38. The van der Waals surface area contributed by atoms with E-state index in [4.69, 9.17) is 5.73 Å². The monoisotopic (exact) mass is 289 g/mol. The van der Waals surface area contributed by atoms with Gasteiger partial charge in [0.1, 0.15) is 23.1 Å². The van der Waals surface area contributed by atoms with Crippen molar-refractivity contribution in [1.29, 1.82) is 0 Å². The predicted octanol–water partition coefficient (Wildman–Crippen LogP) is 2.65. The summed E-state index contributed by atoms with van der Waals surface area (Å²) in [6.45, 7) is 1.83. The van der Waals surface area contributed by atoms with Gasteiger partial charge in [-0.15, -0.1) is 0 Å². The van der Waals surface area contributed by atoms with Crippen LogP contribution in [0.3, 0.4) is 0 Å². The van der Waals surface area contributed by atoms with Crippen LogP contribution in [-0.4, -0.2) is 20.0 Å². The first kappa shape index (κ1) is 13.3. The maximum Gasteiger partial charge on any atom is 0.134 e. The highest BCUT2D eigenvalue weighted by Gasteiger charge is 2.22. The van der Waals surface area contributed by atoms with Gasteiger partial charge in [0.25, 0.3) is 0 Å². The Morgan fingerprint density at radius 3 is 2.62 bits per heavy atom. The molecule has 0 unspecified atom stereocenters. The minimum Gasteiger partial charge on any atom is -0.383 e. The van der Waals surface area contributed by atoms with E-state index in [9.17, 15) is 8.78 Å². The average Bonchev–Trinajstić information content (AvgIpc) is 2.96. The lowest BCUT2D eigenvalue weighted by atomic mass is 10.0. The van der Waals surface area contributed by atoms with Gasteiger partial charge in [-0.3, -0.25) is 9.78 Å². The van der Waals surface area contributed by atoms with Gasteiger partial charge in [-0.25, -0.2) is 8.78 Å². The number of hydrogen-bond donors (Lipinski definition) is 2. The molecular weight excluding hydrogens is 276 g/mol. The zero-order valence-electron chi connectivity index (χ0n) is 11.5. The van der Waals surface area contributed by atoms with Gasteiger partial charge < -0.3 is 5.73 Å². The second-order valence-corrected chi connectivity index (χ2v) is 4.77. The van der Waals surface area contributed by atoms with Crippen molar-refractivity contribution in [2.75, 3.05) is 5.73 Å². The molecule has 1 aromatic carbocycles. The van der Waals surface area contributed by atoms with Gasteiger partial charge in [-0.05, 0) is 19.1 Å². The van der Waals surface area contributed by atoms with E-state index in [1.807, 2.05) is 6.92 Å². The molecule has 0 spiro atoms. The maximum absolute atomic E-state index is 14.1. The molecule has 0 fully saturated rings. The van der Waals surface area contributed by atoms with E-state index < -0.39 is 11.6 Å². The lowest BCUT2D eigenvalue weighted by Crippen LogP contribution is -1.98. The molecule has 7 heteroatoms. The molecule has 0 atom stereocenters. The number of rotatable bonds is 2. The van der Waals surface area contributed by atoms with Crippen LogP contribution in [0.15, 0.2) is 24.4 Å². The van der Waals surface area contributed by atoms with Crippen LogP contribution in [0.1, 0.15) is 5.69 Å². The van der Waals surface area contributed by atoms with E-state index in [0.29, 0.717) is 17.1 Å². The summed E-state index contributed by atoms with van der Waals surface area (Å²) in [5.41, 5.74) is 8.66. The summed E-state index contributed by atoms with van der Waals surface area (Å²) in [4.78, 5) is 0. The van der Waals surface area contributed by atoms with Crippen molar-refractivity contribution >= 4 is 5.82 Å². The number of nitrogens with two attached hydrogens (primary N) is 1. The molecule has 3 N–H and O–H groups in total. The second kappa shape index (κ2) is 4.69. The largest absolute Gasteiger partial charge is 0.383 e. The first-order valence-corrected chi connectivity index (χ1v) is 6.27. The summed E-state index contributed by atoms with van der Waals surface area (Å²) < 4.78 is 28.6. The molecule has 5 nitrogen and oxygen atoms in total. The number of halogens is 2. The van der Waals surface area contributed by atoms with Gasteiger partial charge in [-0.1, -0.05) is 0 Å². The third kappa shape index (κ3) is 2.06. The molecule has 0 aliphatic rings. The lowest BCUT2D eigenvalue weighted by Gasteiger charge is -2.05. The first-order valence-electron chi connectivity index (χ1n) is 6.27. The molecule has 3 rings (SSSR count). The summed E-state index contributed by atoms with van der Waals surface area (Å²) in [6.07, 6.45) is 1.60. The Hall–Kier alpha value is -2.70. The Labute approximate surface area is 119 Å². The Balaban J connectivity index is 2.30. The minimum absolute atomic E-state index is 0.206. The zero-order chi connectivity index (χ0) is 15.1. The summed E-state index contributed by atoms with van der Waals surface area (Å²) in [6, 6.07) is 3.38. The van der Waals surface area contributed by atoms with Gasteiger partial charge in [-0.2, -0.15) is 10.2 Å². The number of aromatic amines is 1. The van der Waals surface area contributed by atoms with E-state index in [2.05, 4.69) is 15.3 Å². The molecular formula is C14H13F2N5. The molecule has 3 aromatic rings. The van der Waals surface area contributed by atoms with Crippen LogP contribution in [0.5, 0.6) is 0 Å². The van der Waals surface area contributed by atoms with Crippen molar-refractivity contribution < 1.29 is 8.78 Å². The molecule has 2 aromatic heterocycles. The van der Waals surface area contributed by atoms with Crippen molar-refractivity contribution in [2.45, 2.75) is 6.92 Å². The summed E-state index contributed by atoms with van der Waals surface area (Å²) in [5, 5.41) is 11.1. The molecule has 0 amide bonds. The number of H-pyrrole nitrogens is 1. The lowest BCUT2D eigenvalue weighted by molar-refractivity contribution is 0.585. The van der Waals surface area contributed by atoms with Crippen LogP contribution in [0.4, 0.5) is 14.6 Å². The minimum atomic E-state index is -0.683. The zero-order valence-corrected chi connectivity index (χ0v) is 11.5. The van der Waals surface area contributed by atoms with E-state index in [-0.39, 0.29) is 5.56 Å². The normalized spacial score (nSPS) is 11.0. The van der Waals surface area contributed by atoms with Crippen LogP contribution in [0, 0.1) is 18.6 Å². The van der Waals surface area contributed by atoms with Crippen molar-refractivity contribution in [1.82, 2.24) is 20.0 Å². The Kier molecular flexibility index (Phi) is 2.97. The third-order valence-electron chi connectivity index (χ3n) is 3.38. The Bertz CT molecular complexity index is 819. The quantitative estimate of drug-likeness (QED) is 0.761. The van der Waals surface area contributed by atoms with E-state index in [0.717, 1.165) is 17.3 Å². The number of nitrogens with zero attached hydrogens (tertiary/aromatic N) is 3. The van der Waals surface area contributed by atoms with Crippen LogP contribution in [0.25, 0.3) is 22.4 Å². The second-order valence-electron chi connectivity index (χ2n) is 4.77. The first-order chi connectivity index (χ1) is 9.99. The van der Waals surface area contributed by atoms with Crippen molar-refractivity contribution in [3.63, 3.8) is 0 Å². The maximum atomic E-state index is 14.1. The molecule has 0 aliphatic heterocycles. The number of benzene rings is 1. The van der Waals surface area contributed by atoms with Crippen molar-refractivity contribution in [3.8, 4) is 22.4 Å². The average molecular weight is 289 g/mol. The topological polar surface area (TPSA) is 72.5 Å². The standard InChI is InChI=1S/C14H13F2N5/c1-7-10(6-18-19-7)13-12(14(17)21(2)20-13)9-4-3-8(15)5-11(9)16/h3-6H,17H2,1-2H3,(H,18,19). The smallest absolute Gasteiger partial charge is 0.134 e. The number of hydrogen-bond acceptors (Lipinski definition) is 3. The Morgan fingerprint density at radius 2 is 2.00 bits per heavy atom. The summed E-state index contributed by atoms with van der Waals surface area (Å²) in [7, 11) is 1.67. The van der Waals surface area contributed by atoms with Gasteiger partial charge >= 0.3 is 0 Å². The molecule has 2 heterocycles. The fraction of sp³-hybridized carbons (Fsp3) is 0.143. The highest BCUT2D eigenvalue weighted by Crippen LogP contribution is 2.37. The van der Waals surface area contributed by atoms with Gasteiger partial charge in [0.05, 0.1) is 11.8 Å². The summed E-state index contributed by atoms with van der Waals surface area (Å²) in [5.74, 6) is -1.02. The molecule has 108 valence electrons. The SMILES string of the molecule is Cc1[nH]ncc1-c1nn(C)c(N)c1-c1ccc(F)cc1F. The molecule has 0 saturated carbocycles. The number of aromatic nitrogens is 4. The summed E-state index contributed by atoms with van der Waals surface area (Å²) >= 11 is 0. The number of anilines is 1. The number of aryl methyl sites for hydroxylation is 2. The molecule has 0 bridgehead atoms. The molecule has 0 aliphatic carbocycles. The predicted molar refractivity (Wildman–Crippen MR) is 75.3 cm³/mol. The highest BCUT2D eigenvalue weighted by atomic mass is 19.1.